The van der Waals surface area contributed by atoms with Crippen molar-refractivity contribution in [3.05, 3.63) is 56.7 Å². The Bertz CT molecular complexity index is 693. The summed E-state index contributed by atoms with van der Waals surface area (Å²) in [4.78, 5) is 27.5. The Balaban J connectivity index is 2.12. The molecule has 1 amide bonds. The quantitative estimate of drug-likeness (QED) is 0.935. The molecule has 0 spiro atoms. The topological polar surface area (TPSA) is 64.0 Å². The van der Waals surface area contributed by atoms with E-state index in [-0.39, 0.29) is 12.5 Å². The summed E-state index contributed by atoms with van der Waals surface area (Å²) in [5.74, 6) is -0.261. The Hall–Kier alpha value is -1.95. The molecule has 1 aromatic heterocycles. The molecule has 0 bridgehead atoms. The fourth-order valence-electron chi connectivity index (χ4n) is 1.84. The van der Waals surface area contributed by atoms with Gasteiger partial charge in [-0.15, -0.1) is 0 Å². The molecule has 2 aromatic rings. The minimum atomic E-state index is -0.409. The maximum absolute atomic E-state index is 11.9. The monoisotopic (exact) mass is 335 g/mol. The van der Waals surface area contributed by atoms with Crippen LogP contribution in [0.25, 0.3) is 0 Å². The smallest absolute Gasteiger partial charge is 0.325 e. The number of benzene rings is 1. The Morgan fingerprint density at radius 3 is 2.55 bits per heavy atom. The van der Waals surface area contributed by atoms with E-state index in [4.69, 9.17) is 0 Å². The first kappa shape index (κ1) is 14.5. The van der Waals surface area contributed by atoms with Crippen LogP contribution < -0.4 is 11.0 Å². The molecule has 0 fully saturated rings. The van der Waals surface area contributed by atoms with Gasteiger partial charge in [-0.2, -0.15) is 4.98 Å². The lowest BCUT2D eigenvalue weighted by Crippen LogP contribution is -2.31. The van der Waals surface area contributed by atoms with Crippen LogP contribution in [0.2, 0.25) is 0 Å². The van der Waals surface area contributed by atoms with Gasteiger partial charge in [-0.05, 0) is 44.2 Å². The van der Waals surface area contributed by atoms with Gasteiger partial charge in [-0.25, -0.2) is 4.79 Å². The molecule has 104 valence electrons. The Morgan fingerprint density at radius 2 is 1.95 bits per heavy atom. The van der Waals surface area contributed by atoms with Crippen molar-refractivity contribution in [2.75, 3.05) is 5.32 Å². The van der Waals surface area contributed by atoms with E-state index < -0.39 is 5.69 Å². The molecule has 20 heavy (non-hydrogen) atoms. The summed E-state index contributed by atoms with van der Waals surface area (Å²) >= 11 is 3.32. The Labute approximate surface area is 124 Å². The number of halogens is 1. The number of amides is 1. The zero-order valence-electron chi connectivity index (χ0n) is 11.2. The van der Waals surface area contributed by atoms with E-state index in [0.717, 1.165) is 4.47 Å². The van der Waals surface area contributed by atoms with Gasteiger partial charge in [0.05, 0.1) is 0 Å². The minimum absolute atomic E-state index is 0.0476. The molecule has 0 atom stereocenters. The first-order valence-electron chi connectivity index (χ1n) is 6.06. The van der Waals surface area contributed by atoms with Gasteiger partial charge in [0.1, 0.15) is 6.54 Å². The van der Waals surface area contributed by atoms with Crippen LogP contribution in [0.1, 0.15) is 11.4 Å². The van der Waals surface area contributed by atoms with Crippen molar-refractivity contribution >= 4 is 27.5 Å². The van der Waals surface area contributed by atoms with E-state index in [1.165, 1.54) is 4.57 Å². The van der Waals surface area contributed by atoms with Crippen molar-refractivity contribution in [2.24, 2.45) is 0 Å². The Kier molecular flexibility index (Phi) is 4.34. The maximum Gasteiger partial charge on any atom is 0.348 e. The van der Waals surface area contributed by atoms with E-state index in [2.05, 4.69) is 26.2 Å². The van der Waals surface area contributed by atoms with Crippen LogP contribution in [0.15, 0.2) is 39.6 Å². The summed E-state index contributed by atoms with van der Waals surface area (Å²) < 4.78 is 2.28. The molecule has 2 rings (SSSR count). The number of nitrogens with zero attached hydrogens (tertiary/aromatic N) is 2. The zero-order valence-corrected chi connectivity index (χ0v) is 12.8. The molecule has 1 heterocycles. The molecule has 0 aliphatic carbocycles. The van der Waals surface area contributed by atoms with Gasteiger partial charge < -0.3 is 5.32 Å². The third kappa shape index (κ3) is 3.54. The van der Waals surface area contributed by atoms with Crippen molar-refractivity contribution in [3.63, 3.8) is 0 Å². The van der Waals surface area contributed by atoms with Crippen LogP contribution in [0.3, 0.4) is 0 Å². The number of rotatable bonds is 3. The van der Waals surface area contributed by atoms with E-state index >= 15 is 0 Å². The number of nitrogens with one attached hydrogen (secondary N) is 1. The number of carbonyl (C=O) groups is 1. The number of hydrogen-bond acceptors (Lipinski definition) is 3. The van der Waals surface area contributed by atoms with Crippen molar-refractivity contribution in [3.8, 4) is 0 Å². The van der Waals surface area contributed by atoms with Gasteiger partial charge in [0.25, 0.3) is 0 Å². The fourth-order valence-corrected chi connectivity index (χ4v) is 2.11. The molecule has 0 unspecified atom stereocenters. The highest BCUT2D eigenvalue weighted by atomic mass is 79.9. The highest BCUT2D eigenvalue weighted by molar-refractivity contribution is 9.10. The van der Waals surface area contributed by atoms with Gasteiger partial charge in [0, 0.05) is 21.5 Å². The first-order chi connectivity index (χ1) is 9.45. The minimum Gasteiger partial charge on any atom is -0.325 e. The number of anilines is 1. The molecule has 6 heteroatoms. The van der Waals surface area contributed by atoms with Crippen molar-refractivity contribution in [1.82, 2.24) is 9.55 Å². The number of aryl methyl sites for hydroxylation is 2. The van der Waals surface area contributed by atoms with Gasteiger partial charge in [0.2, 0.25) is 5.91 Å². The van der Waals surface area contributed by atoms with Gasteiger partial charge in [-0.3, -0.25) is 9.36 Å². The van der Waals surface area contributed by atoms with Crippen LogP contribution in [-0.4, -0.2) is 15.5 Å². The van der Waals surface area contributed by atoms with E-state index in [1.54, 1.807) is 32.0 Å². The second-order valence-corrected chi connectivity index (χ2v) is 5.38. The molecule has 0 radical (unpaired) electrons. The zero-order chi connectivity index (χ0) is 14.7. The predicted molar refractivity (Wildman–Crippen MR) is 80.7 cm³/mol. The van der Waals surface area contributed by atoms with Gasteiger partial charge >= 0.3 is 5.69 Å². The van der Waals surface area contributed by atoms with Crippen molar-refractivity contribution in [1.29, 1.82) is 0 Å². The molecule has 0 aliphatic heterocycles. The third-order valence-electron chi connectivity index (χ3n) is 2.78. The van der Waals surface area contributed by atoms with Crippen LogP contribution in [0.4, 0.5) is 5.69 Å². The fraction of sp³-hybridized carbons (Fsp3) is 0.214. The lowest BCUT2D eigenvalue weighted by Gasteiger charge is -2.10. The summed E-state index contributed by atoms with van der Waals surface area (Å²) in [6.07, 6.45) is 0. The third-order valence-corrected chi connectivity index (χ3v) is 3.30. The van der Waals surface area contributed by atoms with Crippen molar-refractivity contribution < 1.29 is 4.79 Å². The maximum atomic E-state index is 11.9. The second kappa shape index (κ2) is 6.00. The molecule has 5 nitrogen and oxygen atoms in total. The van der Waals surface area contributed by atoms with Gasteiger partial charge in [0.15, 0.2) is 0 Å². The molecule has 1 N–H and O–H groups in total. The summed E-state index contributed by atoms with van der Waals surface area (Å²) in [6.45, 7) is 3.48. The van der Waals surface area contributed by atoms with Crippen LogP contribution in [-0.2, 0) is 11.3 Å². The predicted octanol–water partition coefficient (Wildman–Crippen LogP) is 2.26. The summed E-state index contributed by atoms with van der Waals surface area (Å²) in [7, 11) is 0. The molecular weight excluding hydrogens is 322 g/mol. The van der Waals surface area contributed by atoms with E-state index in [0.29, 0.717) is 17.1 Å². The molecule has 1 aromatic carbocycles. The number of hydrogen-bond donors (Lipinski definition) is 1. The average Bonchev–Trinajstić information content (AvgIpc) is 2.36. The highest BCUT2D eigenvalue weighted by Crippen LogP contribution is 2.14. The van der Waals surface area contributed by atoms with Crippen molar-refractivity contribution in [2.45, 2.75) is 20.4 Å². The molecule has 0 aliphatic rings. The van der Waals surface area contributed by atoms with Gasteiger partial charge in [-0.1, -0.05) is 15.9 Å². The number of aromatic nitrogens is 2. The summed E-state index contributed by atoms with van der Waals surface area (Å²) in [6, 6.07) is 9.01. The largest absolute Gasteiger partial charge is 0.348 e. The SMILES string of the molecule is Cc1cc(C)n(CC(=O)Nc2ccc(Br)cc2)c(=O)n1. The normalized spacial score (nSPS) is 10.3. The van der Waals surface area contributed by atoms with Crippen LogP contribution in [0.5, 0.6) is 0 Å². The first-order valence-corrected chi connectivity index (χ1v) is 6.85. The summed E-state index contributed by atoms with van der Waals surface area (Å²) in [5.41, 5.74) is 1.64. The van der Waals surface area contributed by atoms with Crippen LogP contribution in [0, 0.1) is 13.8 Å². The molecule has 0 saturated heterocycles. The highest BCUT2D eigenvalue weighted by Gasteiger charge is 2.08. The lowest BCUT2D eigenvalue weighted by atomic mass is 10.3. The molecule has 0 saturated carbocycles. The summed E-state index contributed by atoms with van der Waals surface area (Å²) in [5, 5.41) is 2.74. The number of carbonyl (C=O) groups excluding carboxylic acids is 1. The lowest BCUT2D eigenvalue weighted by molar-refractivity contribution is -0.116. The standard InChI is InChI=1S/C14H14BrN3O2/c1-9-7-10(2)18(14(20)16-9)8-13(19)17-12-5-3-11(15)4-6-12/h3-7H,8H2,1-2H3,(H,17,19). The van der Waals surface area contributed by atoms with Crippen LogP contribution >= 0.6 is 15.9 Å². The molecular formula is C14H14BrN3O2. The average molecular weight is 336 g/mol. The Morgan fingerprint density at radius 1 is 1.30 bits per heavy atom. The van der Waals surface area contributed by atoms with E-state index in [1.807, 2.05) is 12.1 Å². The van der Waals surface area contributed by atoms with E-state index in [9.17, 15) is 9.59 Å². The second-order valence-electron chi connectivity index (χ2n) is 4.46.